The number of aromatic nitrogens is 2. The molecule has 6 nitrogen and oxygen atoms in total. The number of benzene rings is 1. The van der Waals surface area contributed by atoms with E-state index >= 15 is 0 Å². The van der Waals surface area contributed by atoms with E-state index in [-0.39, 0.29) is 30.2 Å². The van der Waals surface area contributed by atoms with Crippen LogP contribution in [0.4, 0.5) is 30.5 Å². The Balaban J connectivity index is 1.47. The van der Waals surface area contributed by atoms with E-state index in [9.17, 15) is 18.0 Å². The summed E-state index contributed by atoms with van der Waals surface area (Å²) >= 11 is 0. The van der Waals surface area contributed by atoms with Gasteiger partial charge in [0.15, 0.2) is 0 Å². The average Bonchev–Trinajstić information content (AvgIpc) is 3.31. The zero-order valence-electron chi connectivity index (χ0n) is 19.0. The molecule has 2 fully saturated rings. The van der Waals surface area contributed by atoms with Crippen molar-refractivity contribution in [3.8, 4) is 0 Å². The Kier molecular flexibility index (Phi) is 5.97. The number of H-pyrrole nitrogens is 1. The largest absolute Gasteiger partial charge is 0.408 e. The maximum Gasteiger partial charge on any atom is 0.408 e. The van der Waals surface area contributed by atoms with Crippen LogP contribution in [0.1, 0.15) is 37.2 Å². The maximum atomic E-state index is 13.6. The number of alkyl halides is 3. The number of hydrogen-bond acceptors (Lipinski definition) is 5. The Labute approximate surface area is 195 Å². The predicted octanol–water partition coefficient (Wildman–Crippen LogP) is 5.01. The minimum Gasteiger partial charge on any atom is -0.344 e. The molecule has 2 saturated heterocycles. The topological polar surface area (TPSA) is 64.3 Å². The van der Waals surface area contributed by atoms with Crippen molar-refractivity contribution in [3.05, 3.63) is 58.5 Å². The van der Waals surface area contributed by atoms with Crippen molar-refractivity contribution in [2.75, 3.05) is 36.9 Å². The van der Waals surface area contributed by atoms with Gasteiger partial charge in [-0.15, -0.1) is 0 Å². The van der Waals surface area contributed by atoms with E-state index in [1.807, 2.05) is 12.1 Å². The van der Waals surface area contributed by atoms with Crippen LogP contribution in [0.25, 0.3) is 10.8 Å². The Bertz CT molecular complexity index is 1220. The van der Waals surface area contributed by atoms with Crippen molar-refractivity contribution in [3.63, 3.8) is 0 Å². The molecule has 9 heteroatoms. The minimum atomic E-state index is -4.33. The SMILES string of the molecule is CN1CCC(c2ccc(Nc3nc(N4CCCC4C(F)(F)F)cc4cc[nH]c(=O)c34)cc2)CC1. The third-order valence-electron chi connectivity index (χ3n) is 7.03. The molecule has 0 radical (unpaired) electrons. The molecular formula is C25H28F3N5O. The van der Waals surface area contributed by atoms with Gasteiger partial charge in [0, 0.05) is 18.4 Å². The first-order valence-corrected chi connectivity index (χ1v) is 11.7. The lowest BCUT2D eigenvalue weighted by Crippen LogP contribution is -2.41. The third kappa shape index (κ3) is 4.49. The highest BCUT2D eigenvalue weighted by molar-refractivity contribution is 5.94. The van der Waals surface area contributed by atoms with Gasteiger partial charge in [0.05, 0.1) is 5.39 Å². The zero-order valence-corrected chi connectivity index (χ0v) is 19.0. The number of pyridine rings is 2. The third-order valence-corrected chi connectivity index (χ3v) is 7.03. The van der Waals surface area contributed by atoms with Gasteiger partial charge >= 0.3 is 6.18 Å². The van der Waals surface area contributed by atoms with Crippen molar-refractivity contribution >= 4 is 28.1 Å². The van der Waals surface area contributed by atoms with E-state index < -0.39 is 12.2 Å². The van der Waals surface area contributed by atoms with Crippen LogP contribution in [0.2, 0.25) is 0 Å². The number of hydrogen-bond donors (Lipinski definition) is 2. The van der Waals surface area contributed by atoms with E-state index in [0.717, 1.165) is 31.6 Å². The maximum absolute atomic E-state index is 13.6. The minimum absolute atomic E-state index is 0.0414. The van der Waals surface area contributed by atoms with Gasteiger partial charge in [0.2, 0.25) is 0 Å². The first-order valence-electron chi connectivity index (χ1n) is 11.7. The lowest BCUT2D eigenvalue weighted by molar-refractivity contribution is -0.146. The van der Waals surface area contributed by atoms with Gasteiger partial charge in [0.25, 0.3) is 5.56 Å². The zero-order chi connectivity index (χ0) is 23.9. The summed E-state index contributed by atoms with van der Waals surface area (Å²) in [4.78, 5) is 23.4. The number of anilines is 3. The molecule has 0 aliphatic carbocycles. The molecule has 0 saturated carbocycles. The molecule has 0 bridgehead atoms. The number of fused-ring (bicyclic) bond motifs is 1. The number of rotatable bonds is 4. The second kappa shape index (κ2) is 8.94. The normalized spacial score (nSPS) is 20.2. The van der Waals surface area contributed by atoms with Crippen LogP contribution in [-0.4, -0.2) is 53.8 Å². The molecule has 1 atom stereocenters. The fourth-order valence-electron chi connectivity index (χ4n) is 5.14. The van der Waals surface area contributed by atoms with Crippen molar-refractivity contribution in [1.29, 1.82) is 0 Å². The Morgan fingerprint density at radius 3 is 2.50 bits per heavy atom. The van der Waals surface area contributed by atoms with Crippen LogP contribution in [0.15, 0.2) is 47.4 Å². The van der Waals surface area contributed by atoms with Crippen LogP contribution in [-0.2, 0) is 0 Å². The molecule has 2 aliphatic heterocycles. The molecule has 0 amide bonds. The number of nitrogens with one attached hydrogen (secondary N) is 2. The molecule has 34 heavy (non-hydrogen) atoms. The highest BCUT2D eigenvalue weighted by Crippen LogP contribution is 2.37. The van der Waals surface area contributed by atoms with Gasteiger partial charge in [-0.05, 0) is 87.0 Å². The predicted molar refractivity (Wildman–Crippen MR) is 128 cm³/mol. The Morgan fingerprint density at radius 1 is 1.06 bits per heavy atom. The average molecular weight is 472 g/mol. The molecule has 0 spiro atoms. The summed E-state index contributed by atoms with van der Waals surface area (Å²) in [6.07, 6.45) is -0.120. The lowest BCUT2D eigenvalue weighted by atomic mass is 9.89. The number of halogens is 3. The molecule has 3 aromatic rings. The van der Waals surface area contributed by atoms with Crippen molar-refractivity contribution in [2.24, 2.45) is 0 Å². The molecule has 180 valence electrons. The Hall–Kier alpha value is -3.07. The van der Waals surface area contributed by atoms with Crippen molar-refractivity contribution in [2.45, 2.75) is 43.8 Å². The summed E-state index contributed by atoms with van der Waals surface area (Å²) in [7, 11) is 2.13. The summed E-state index contributed by atoms with van der Waals surface area (Å²) in [5.41, 5.74) is 1.67. The fraction of sp³-hybridized carbons (Fsp3) is 0.440. The van der Waals surface area contributed by atoms with E-state index in [1.54, 1.807) is 12.1 Å². The summed E-state index contributed by atoms with van der Waals surface area (Å²) in [6, 6.07) is 9.74. The van der Waals surface area contributed by atoms with Crippen LogP contribution in [0.5, 0.6) is 0 Å². The quantitative estimate of drug-likeness (QED) is 0.560. The number of nitrogens with zero attached hydrogens (tertiary/aromatic N) is 3. The highest BCUT2D eigenvalue weighted by Gasteiger charge is 2.46. The van der Waals surface area contributed by atoms with E-state index in [0.29, 0.717) is 23.1 Å². The summed E-state index contributed by atoms with van der Waals surface area (Å²) in [5, 5.41) is 4.07. The highest BCUT2D eigenvalue weighted by atomic mass is 19.4. The fourth-order valence-corrected chi connectivity index (χ4v) is 5.14. The molecular weight excluding hydrogens is 443 g/mol. The number of likely N-dealkylation sites (tertiary alicyclic amines) is 1. The Morgan fingerprint density at radius 2 is 1.79 bits per heavy atom. The van der Waals surface area contributed by atoms with Gasteiger partial charge in [-0.3, -0.25) is 4.79 Å². The van der Waals surface area contributed by atoms with Crippen LogP contribution in [0, 0.1) is 0 Å². The smallest absolute Gasteiger partial charge is 0.344 e. The summed E-state index contributed by atoms with van der Waals surface area (Å²) in [6.45, 7) is 2.42. The standard InChI is InChI=1S/C25H28F3N5O/c1-32-13-9-17(10-14-32)16-4-6-19(7-5-16)30-23-22-18(8-11-29-24(22)34)15-21(31-23)33-12-2-3-20(33)25(26,27)28/h4-8,11,15,17,20H,2-3,9-10,12-14H2,1H3,(H,29,34)(H,30,31). The summed E-state index contributed by atoms with van der Waals surface area (Å²) < 4.78 is 40.8. The molecule has 2 aromatic heterocycles. The molecule has 2 aliphatic rings. The van der Waals surface area contributed by atoms with Crippen LogP contribution in [0.3, 0.4) is 0 Å². The summed E-state index contributed by atoms with van der Waals surface area (Å²) in [5.74, 6) is 1.00. The number of aromatic amines is 1. The molecule has 5 rings (SSSR count). The molecule has 1 unspecified atom stereocenters. The molecule has 1 aromatic carbocycles. The van der Waals surface area contributed by atoms with Crippen molar-refractivity contribution < 1.29 is 13.2 Å². The second-order valence-corrected chi connectivity index (χ2v) is 9.32. The van der Waals surface area contributed by atoms with Gasteiger partial charge in [-0.1, -0.05) is 12.1 Å². The first kappa shape index (κ1) is 22.7. The molecule has 4 heterocycles. The van der Waals surface area contributed by atoms with Gasteiger partial charge in [-0.2, -0.15) is 13.2 Å². The van der Waals surface area contributed by atoms with Crippen LogP contribution >= 0.6 is 0 Å². The van der Waals surface area contributed by atoms with E-state index in [1.165, 1.54) is 16.7 Å². The van der Waals surface area contributed by atoms with Gasteiger partial charge < -0.3 is 20.1 Å². The lowest BCUT2D eigenvalue weighted by Gasteiger charge is -2.29. The second-order valence-electron chi connectivity index (χ2n) is 9.32. The van der Waals surface area contributed by atoms with Crippen LogP contribution < -0.4 is 15.8 Å². The monoisotopic (exact) mass is 471 g/mol. The van der Waals surface area contributed by atoms with Gasteiger partial charge in [-0.25, -0.2) is 4.98 Å². The van der Waals surface area contributed by atoms with Gasteiger partial charge in [0.1, 0.15) is 17.7 Å². The first-order chi connectivity index (χ1) is 16.3. The molecule has 2 N–H and O–H groups in total. The van der Waals surface area contributed by atoms with E-state index in [4.69, 9.17) is 0 Å². The number of piperidine rings is 1. The van der Waals surface area contributed by atoms with E-state index in [2.05, 4.69) is 39.4 Å². The van der Waals surface area contributed by atoms with Crippen molar-refractivity contribution in [1.82, 2.24) is 14.9 Å².